The first-order valence-electron chi connectivity index (χ1n) is 5.80. The van der Waals surface area contributed by atoms with Crippen LogP contribution in [0, 0.1) is 6.92 Å². The molecule has 0 spiro atoms. The molecule has 2 heterocycles. The molecule has 0 aliphatic rings. The molecule has 0 bridgehead atoms. The number of aromatic amines is 1. The van der Waals surface area contributed by atoms with Gasteiger partial charge in [-0.25, -0.2) is 4.98 Å². The zero-order valence-corrected chi connectivity index (χ0v) is 11.8. The third-order valence-corrected chi connectivity index (χ3v) is 3.32. The molecule has 5 nitrogen and oxygen atoms in total. The van der Waals surface area contributed by atoms with Gasteiger partial charge in [-0.05, 0) is 47.3 Å². The number of nitrogens with one attached hydrogen (secondary N) is 2. The van der Waals surface area contributed by atoms with E-state index < -0.39 is 0 Å². The highest BCUT2D eigenvalue weighted by Gasteiger charge is 2.02. The zero-order valence-electron chi connectivity index (χ0n) is 10.2. The van der Waals surface area contributed by atoms with Gasteiger partial charge in [-0.3, -0.25) is 5.10 Å². The molecule has 18 heavy (non-hydrogen) atoms. The number of nitrogens with zero attached hydrogens (tertiary/aromatic N) is 2. The van der Waals surface area contributed by atoms with Gasteiger partial charge in [-0.1, -0.05) is 0 Å². The summed E-state index contributed by atoms with van der Waals surface area (Å²) in [5.74, 6) is 0.827. The maximum Gasteiger partial charge on any atom is 0.140 e. The topological polar surface area (TPSA) is 79.6 Å². The summed E-state index contributed by atoms with van der Waals surface area (Å²) in [4.78, 5) is 4.23. The van der Waals surface area contributed by atoms with Crippen molar-refractivity contribution in [2.45, 2.75) is 19.8 Å². The van der Waals surface area contributed by atoms with Crippen LogP contribution in [0.3, 0.4) is 0 Å². The number of halogens is 1. The van der Waals surface area contributed by atoms with Crippen molar-refractivity contribution < 1.29 is 0 Å². The van der Waals surface area contributed by atoms with E-state index in [4.69, 9.17) is 5.73 Å². The molecule has 0 atom stereocenters. The maximum absolute atomic E-state index is 5.63. The summed E-state index contributed by atoms with van der Waals surface area (Å²) in [6, 6.07) is 1.84. The van der Waals surface area contributed by atoms with Crippen molar-refractivity contribution in [3.63, 3.8) is 0 Å². The van der Waals surface area contributed by atoms with E-state index in [-0.39, 0.29) is 0 Å². The minimum atomic E-state index is 0.654. The smallest absolute Gasteiger partial charge is 0.140 e. The van der Waals surface area contributed by atoms with E-state index in [0.29, 0.717) is 5.69 Å². The molecule has 0 unspecified atom stereocenters. The minimum Gasteiger partial charge on any atom is -0.397 e. The molecule has 0 fully saturated rings. The summed E-state index contributed by atoms with van der Waals surface area (Å²) in [5.41, 5.74) is 8.69. The van der Waals surface area contributed by atoms with E-state index in [1.54, 1.807) is 6.20 Å². The minimum absolute atomic E-state index is 0.654. The molecule has 6 heteroatoms. The average molecular weight is 310 g/mol. The summed E-state index contributed by atoms with van der Waals surface area (Å²) in [7, 11) is 0. The number of nitrogen functional groups attached to an aromatic ring is 1. The highest BCUT2D eigenvalue weighted by Crippen LogP contribution is 2.21. The van der Waals surface area contributed by atoms with E-state index in [1.165, 1.54) is 5.56 Å². The van der Waals surface area contributed by atoms with Gasteiger partial charge in [0.15, 0.2) is 0 Å². The fourth-order valence-corrected chi connectivity index (χ4v) is 2.20. The highest BCUT2D eigenvalue weighted by molar-refractivity contribution is 9.10. The standard InChI is InChI=1S/C12H16BrN5/c1-8-9(6-17-18-8)3-2-4-15-12-11(13)5-10(14)7-16-12/h5-7H,2-4,14H2,1H3,(H,15,16)(H,17,18). The lowest BCUT2D eigenvalue weighted by molar-refractivity contribution is 0.853. The molecular weight excluding hydrogens is 294 g/mol. The molecule has 4 N–H and O–H groups in total. The molecule has 2 aromatic rings. The third-order valence-electron chi connectivity index (χ3n) is 2.71. The summed E-state index contributed by atoms with van der Waals surface area (Å²) in [6.45, 7) is 2.90. The maximum atomic E-state index is 5.63. The Kier molecular flexibility index (Phi) is 4.19. The van der Waals surface area contributed by atoms with Crippen molar-refractivity contribution in [3.05, 3.63) is 34.2 Å². The predicted molar refractivity (Wildman–Crippen MR) is 76.5 cm³/mol. The Balaban J connectivity index is 1.80. The van der Waals surface area contributed by atoms with Crippen LogP contribution in [-0.2, 0) is 6.42 Å². The van der Waals surface area contributed by atoms with Crippen molar-refractivity contribution >= 4 is 27.4 Å². The number of aromatic nitrogens is 3. The van der Waals surface area contributed by atoms with Crippen LogP contribution >= 0.6 is 15.9 Å². The van der Waals surface area contributed by atoms with Crippen molar-refractivity contribution in [2.24, 2.45) is 0 Å². The lowest BCUT2D eigenvalue weighted by Crippen LogP contribution is -2.05. The number of rotatable bonds is 5. The molecule has 96 valence electrons. The van der Waals surface area contributed by atoms with Crippen LogP contribution in [0.25, 0.3) is 0 Å². The third kappa shape index (κ3) is 3.22. The first kappa shape index (κ1) is 12.9. The van der Waals surface area contributed by atoms with Gasteiger partial charge in [0.1, 0.15) is 5.82 Å². The second-order valence-corrected chi connectivity index (χ2v) is 5.00. The molecule has 0 aromatic carbocycles. The van der Waals surface area contributed by atoms with E-state index in [9.17, 15) is 0 Å². The molecule has 0 aliphatic heterocycles. The van der Waals surface area contributed by atoms with Crippen LogP contribution in [-0.4, -0.2) is 21.7 Å². The number of hydrogen-bond donors (Lipinski definition) is 3. The molecule has 0 saturated carbocycles. The van der Waals surface area contributed by atoms with Gasteiger partial charge in [0.25, 0.3) is 0 Å². The van der Waals surface area contributed by atoms with Gasteiger partial charge >= 0.3 is 0 Å². The van der Waals surface area contributed by atoms with E-state index >= 15 is 0 Å². The Morgan fingerprint density at radius 3 is 2.94 bits per heavy atom. The van der Waals surface area contributed by atoms with Crippen LogP contribution in [0.1, 0.15) is 17.7 Å². The normalized spacial score (nSPS) is 10.6. The van der Waals surface area contributed by atoms with Crippen molar-refractivity contribution in [1.82, 2.24) is 15.2 Å². The number of pyridine rings is 1. The molecule has 0 amide bonds. The van der Waals surface area contributed by atoms with Gasteiger partial charge in [0.05, 0.1) is 22.6 Å². The number of H-pyrrole nitrogens is 1. The van der Waals surface area contributed by atoms with Crippen molar-refractivity contribution in [3.8, 4) is 0 Å². The Morgan fingerprint density at radius 2 is 2.28 bits per heavy atom. The van der Waals surface area contributed by atoms with Crippen LogP contribution in [0.4, 0.5) is 11.5 Å². The first-order valence-corrected chi connectivity index (χ1v) is 6.60. The molecule has 2 rings (SSSR count). The lowest BCUT2D eigenvalue weighted by atomic mass is 10.1. The van der Waals surface area contributed by atoms with Crippen LogP contribution in [0.5, 0.6) is 0 Å². The predicted octanol–water partition coefficient (Wildman–Crippen LogP) is 2.50. The Bertz CT molecular complexity index is 523. The Labute approximate surface area is 114 Å². The number of aryl methyl sites for hydroxylation is 2. The van der Waals surface area contributed by atoms with E-state index in [0.717, 1.165) is 35.4 Å². The fourth-order valence-electron chi connectivity index (χ4n) is 1.70. The summed E-state index contributed by atoms with van der Waals surface area (Å²) in [5, 5.41) is 10.2. The van der Waals surface area contributed by atoms with Gasteiger partial charge in [0, 0.05) is 12.2 Å². The van der Waals surface area contributed by atoms with Crippen molar-refractivity contribution in [2.75, 3.05) is 17.6 Å². The average Bonchev–Trinajstić information content (AvgIpc) is 2.73. The van der Waals surface area contributed by atoms with E-state index in [2.05, 4.69) is 36.4 Å². The number of nitrogens with two attached hydrogens (primary N) is 1. The van der Waals surface area contributed by atoms with Gasteiger partial charge in [0.2, 0.25) is 0 Å². The lowest BCUT2D eigenvalue weighted by Gasteiger charge is -2.07. The highest BCUT2D eigenvalue weighted by atomic mass is 79.9. The van der Waals surface area contributed by atoms with Gasteiger partial charge in [-0.15, -0.1) is 0 Å². The molecule has 2 aromatic heterocycles. The molecule has 0 radical (unpaired) electrons. The fraction of sp³-hybridized carbons (Fsp3) is 0.333. The monoisotopic (exact) mass is 309 g/mol. The summed E-state index contributed by atoms with van der Waals surface area (Å²) in [6.07, 6.45) is 5.56. The second kappa shape index (κ2) is 5.86. The zero-order chi connectivity index (χ0) is 13.0. The Hall–Kier alpha value is -1.56. The molecular formula is C12H16BrN5. The largest absolute Gasteiger partial charge is 0.397 e. The van der Waals surface area contributed by atoms with Crippen LogP contribution < -0.4 is 11.1 Å². The quantitative estimate of drug-likeness (QED) is 0.741. The first-order chi connectivity index (χ1) is 8.66. The van der Waals surface area contributed by atoms with Gasteiger partial charge < -0.3 is 11.1 Å². The van der Waals surface area contributed by atoms with Gasteiger partial charge in [-0.2, -0.15) is 5.10 Å². The molecule has 0 aliphatic carbocycles. The number of anilines is 2. The van der Waals surface area contributed by atoms with Crippen LogP contribution in [0.15, 0.2) is 22.9 Å². The summed E-state index contributed by atoms with van der Waals surface area (Å²) < 4.78 is 0.891. The van der Waals surface area contributed by atoms with E-state index in [1.807, 2.05) is 19.2 Å². The van der Waals surface area contributed by atoms with Crippen molar-refractivity contribution in [1.29, 1.82) is 0 Å². The number of hydrogen-bond acceptors (Lipinski definition) is 4. The second-order valence-electron chi connectivity index (χ2n) is 4.15. The molecule has 0 saturated heterocycles. The Morgan fingerprint density at radius 1 is 1.44 bits per heavy atom. The SMILES string of the molecule is Cc1[nH]ncc1CCCNc1ncc(N)cc1Br. The summed E-state index contributed by atoms with van der Waals surface area (Å²) >= 11 is 3.43. The van der Waals surface area contributed by atoms with Crippen LogP contribution in [0.2, 0.25) is 0 Å².